The molecule has 3 nitrogen and oxygen atoms in total. The van der Waals surface area contributed by atoms with Gasteiger partial charge in [0, 0.05) is 0 Å². The zero-order valence-electron chi connectivity index (χ0n) is 13.3. The maximum absolute atomic E-state index is 11.8. The Morgan fingerprint density at radius 1 is 1.04 bits per heavy atom. The van der Waals surface area contributed by atoms with Crippen molar-refractivity contribution < 1.29 is 14.3 Å². The van der Waals surface area contributed by atoms with Gasteiger partial charge >= 0.3 is 5.97 Å². The van der Waals surface area contributed by atoms with Gasteiger partial charge in [0.2, 0.25) is 0 Å². The number of carbonyl (C=O) groups excluding carboxylic acids is 1. The standard InChI is InChI=1S/C20H17BrO3/c1-2-23-20(22)15-10-11-19(18(21)12-15)24-13-16-8-5-7-14-6-3-4-9-17(14)16/h3-12H,2,13H2,1H3. The molecular weight excluding hydrogens is 368 g/mol. The van der Waals surface area contributed by atoms with Gasteiger partial charge in [-0.25, -0.2) is 4.79 Å². The fourth-order valence-corrected chi connectivity index (χ4v) is 3.03. The first-order valence-electron chi connectivity index (χ1n) is 7.75. The average Bonchev–Trinajstić information content (AvgIpc) is 2.61. The minimum atomic E-state index is -0.334. The second-order valence-electron chi connectivity index (χ2n) is 5.29. The van der Waals surface area contributed by atoms with Crippen LogP contribution in [0.1, 0.15) is 22.8 Å². The summed E-state index contributed by atoms with van der Waals surface area (Å²) in [6.45, 7) is 2.60. The third-order valence-electron chi connectivity index (χ3n) is 3.71. The molecule has 0 radical (unpaired) electrons. The number of esters is 1. The number of halogens is 1. The van der Waals surface area contributed by atoms with Crippen LogP contribution in [0, 0.1) is 0 Å². The molecule has 0 bridgehead atoms. The maximum Gasteiger partial charge on any atom is 0.338 e. The molecule has 0 N–H and O–H groups in total. The number of hydrogen-bond acceptors (Lipinski definition) is 3. The fourth-order valence-electron chi connectivity index (χ4n) is 2.53. The van der Waals surface area contributed by atoms with Gasteiger partial charge in [0.1, 0.15) is 12.4 Å². The highest BCUT2D eigenvalue weighted by molar-refractivity contribution is 9.10. The van der Waals surface area contributed by atoms with Crippen molar-refractivity contribution in [2.75, 3.05) is 6.61 Å². The molecule has 0 aliphatic carbocycles. The van der Waals surface area contributed by atoms with Crippen molar-refractivity contribution in [1.82, 2.24) is 0 Å². The predicted molar refractivity (Wildman–Crippen MR) is 98.4 cm³/mol. The van der Waals surface area contributed by atoms with Crippen molar-refractivity contribution in [3.63, 3.8) is 0 Å². The average molecular weight is 385 g/mol. The Bertz CT molecular complexity index is 868. The summed E-state index contributed by atoms with van der Waals surface area (Å²) in [5, 5.41) is 2.37. The SMILES string of the molecule is CCOC(=O)c1ccc(OCc2cccc3ccccc23)c(Br)c1. The summed E-state index contributed by atoms with van der Waals surface area (Å²) in [5.41, 5.74) is 1.62. The number of ether oxygens (including phenoxy) is 2. The Morgan fingerprint density at radius 2 is 1.83 bits per heavy atom. The van der Waals surface area contributed by atoms with Gasteiger partial charge in [0.25, 0.3) is 0 Å². The van der Waals surface area contributed by atoms with E-state index >= 15 is 0 Å². The van der Waals surface area contributed by atoms with Gasteiger partial charge in [0.15, 0.2) is 0 Å². The van der Waals surface area contributed by atoms with Crippen LogP contribution in [0.2, 0.25) is 0 Å². The number of rotatable bonds is 5. The molecule has 3 aromatic carbocycles. The molecule has 4 heteroatoms. The van der Waals surface area contributed by atoms with E-state index in [4.69, 9.17) is 9.47 Å². The second-order valence-corrected chi connectivity index (χ2v) is 6.15. The zero-order valence-corrected chi connectivity index (χ0v) is 14.9. The van der Waals surface area contributed by atoms with E-state index in [1.807, 2.05) is 18.2 Å². The topological polar surface area (TPSA) is 35.5 Å². The predicted octanol–water partition coefficient (Wildman–Crippen LogP) is 5.36. The summed E-state index contributed by atoms with van der Waals surface area (Å²) in [4.78, 5) is 11.8. The van der Waals surface area contributed by atoms with Crippen LogP contribution in [0.15, 0.2) is 65.1 Å². The van der Waals surface area contributed by atoms with Crippen LogP contribution in [-0.2, 0) is 11.3 Å². The van der Waals surface area contributed by atoms with Crippen molar-refractivity contribution in [2.24, 2.45) is 0 Å². The summed E-state index contributed by atoms with van der Waals surface area (Å²) in [7, 11) is 0. The van der Waals surface area contributed by atoms with Gasteiger partial charge in [-0.15, -0.1) is 0 Å². The zero-order chi connectivity index (χ0) is 16.9. The van der Waals surface area contributed by atoms with Crippen molar-refractivity contribution in [1.29, 1.82) is 0 Å². The van der Waals surface area contributed by atoms with Crippen molar-refractivity contribution in [3.05, 3.63) is 76.3 Å². The van der Waals surface area contributed by atoms with E-state index in [1.165, 1.54) is 10.8 Å². The second kappa shape index (κ2) is 7.49. The monoisotopic (exact) mass is 384 g/mol. The van der Waals surface area contributed by atoms with Gasteiger partial charge < -0.3 is 9.47 Å². The molecular formula is C20H17BrO3. The molecule has 3 rings (SSSR count). The molecule has 0 aliphatic heterocycles. The minimum Gasteiger partial charge on any atom is -0.488 e. The van der Waals surface area contributed by atoms with Gasteiger partial charge in [0.05, 0.1) is 16.6 Å². The number of hydrogen-bond donors (Lipinski definition) is 0. The van der Waals surface area contributed by atoms with Crippen LogP contribution < -0.4 is 4.74 Å². The third kappa shape index (κ3) is 3.60. The Kier molecular flexibility index (Phi) is 5.16. The molecule has 24 heavy (non-hydrogen) atoms. The Hall–Kier alpha value is -2.33. The molecule has 0 aliphatic rings. The quantitative estimate of drug-likeness (QED) is 0.555. The first-order valence-corrected chi connectivity index (χ1v) is 8.54. The molecule has 3 aromatic rings. The van der Waals surface area contributed by atoms with E-state index in [9.17, 15) is 4.79 Å². The first kappa shape index (κ1) is 16.5. The molecule has 0 amide bonds. The normalized spacial score (nSPS) is 10.6. The summed E-state index contributed by atoms with van der Waals surface area (Å²) in [6.07, 6.45) is 0. The van der Waals surface area contributed by atoms with Crippen molar-refractivity contribution in [3.8, 4) is 5.75 Å². The van der Waals surface area contributed by atoms with Crippen LogP contribution in [0.5, 0.6) is 5.75 Å². The minimum absolute atomic E-state index is 0.334. The Balaban J connectivity index is 1.78. The van der Waals surface area contributed by atoms with Crippen LogP contribution in [0.25, 0.3) is 10.8 Å². The summed E-state index contributed by atoms with van der Waals surface area (Å²) in [6, 6.07) is 19.6. The fraction of sp³-hybridized carbons (Fsp3) is 0.150. The molecule has 122 valence electrons. The third-order valence-corrected chi connectivity index (χ3v) is 4.33. The lowest BCUT2D eigenvalue weighted by Gasteiger charge is -2.11. The van der Waals surface area contributed by atoms with Gasteiger partial charge in [-0.2, -0.15) is 0 Å². The summed E-state index contributed by atoms with van der Waals surface area (Å²) in [5.74, 6) is 0.356. The molecule has 0 atom stereocenters. The van der Waals surface area contributed by atoms with E-state index < -0.39 is 0 Å². The lowest BCUT2D eigenvalue weighted by Crippen LogP contribution is -2.05. The number of carbonyl (C=O) groups is 1. The van der Waals surface area contributed by atoms with Gasteiger partial charge in [-0.1, -0.05) is 42.5 Å². The van der Waals surface area contributed by atoms with Gasteiger partial charge in [-0.3, -0.25) is 0 Å². The van der Waals surface area contributed by atoms with Gasteiger partial charge in [-0.05, 0) is 57.4 Å². The van der Waals surface area contributed by atoms with Crippen LogP contribution in [0.3, 0.4) is 0 Å². The lowest BCUT2D eigenvalue weighted by atomic mass is 10.1. The number of benzene rings is 3. The molecule has 0 fully saturated rings. The van der Waals surface area contributed by atoms with Crippen LogP contribution in [-0.4, -0.2) is 12.6 Å². The molecule has 0 spiro atoms. The maximum atomic E-state index is 11.8. The molecule has 0 saturated heterocycles. The molecule has 0 heterocycles. The highest BCUT2D eigenvalue weighted by Crippen LogP contribution is 2.28. The number of fused-ring (bicyclic) bond motifs is 1. The van der Waals surface area contributed by atoms with E-state index in [1.54, 1.807) is 25.1 Å². The highest BCUT2D eigenvalue weighted by atomic mass is 79.9. The largest absolute Gasteiger partial charge is 0.488 e. The molecule has 0 unspecified atom stereocenters. The first-order chi connectivity index (χ1) is 11.7. The van der Waals surface area contributed by atoms with E-state index in [0.29, 0.717) is 24.5 Å². The van der Waals surface area contributed by atoms with Crippen LogP contribution in [0.4, 0.5) is 0 Å². The Morgan fingerprint density at radius 3 is 2.62 bits per heavy atom. The highest BCUT2D eigenvalue weighted by Gasteiger charge is 2.10. The smallest absolute Gasteiger partial charge is 0.338 e. The lowest BCUT2D eigenvalue weighted by molar-refractivity contribution is 0.0526. The van der Waals surface area contributed by atoms with Crippen LogP contribution >= 0.6 is 15.9 Å². The van der Waals surface area contributed by atoms with E-state index in [0.717, 1.165) is 10.0 Å². The Labute approximate surface area is 149 Å². The van der Waals surface area contributed by atoms with Crippen molar-refractivity contribution >= 4 is 32.7 Å². The van der Waals surface area contributed by atoms with Crippen molar-refractivity contribution in [2.45, 2.75) is 13.5 Å². The molecule has 0 saturated carbocycles. The van der Waals surface area contributed by atoms with E-state index in [2.05, 4.69) is 40.2 Å². The molecule has 0 aromatic heterocycles. The van der Waals surface area contributed by atoms with E-state index in [-0.39, 0.29) is 5.97 Å². The summed E-state index contributed by atoms with van der Waals surface area (Å²) >= 11 is 3.46. The summed E-state index contributed by atoms with van der Waals surface area (Å²) < 4.78 is 11.7.